The highest BCUT2D eigenvalue weighted by atomic mass is 16.3. The zero-order valence-corrected chi connectivity index (χ0v) is 57.3. The van der Waals surface area contributed by atoms with Gasteiger partial charge < -0.3 is 82.7 Å². The topological polar surface area (TPSA) is 555 Å². The monoisotopic (exact) mass is 1370 g/mol. The summed E-state index contributed by atoms with van der Waals surface area (Å²) in [7, 11) is 0. The lowest BCUT2D eigenvalue weighted by Crippen LogP contribution is -2.49. The van der Waals surface area contributed by atoms with Gasteiger partial charge in [0.1, 0.15) is 5.75 Å². The van der Waals surface area contributed by atoms with Crippen LogP contribution in [-0.4, -0.2) is 155 Å². The molecule has 8 amide bonds. The zero-order valence-electron chi connectivity index (χ0n) is 57.3. The summed E-state index contributed by atoms with van der Waals surface area (Å²) in [6, 6.07) is 8.11. The van der Waals surface area contributed by atoms with Gasteiger partial charge in [0.15, 0.2) is 40.8 Å². The highest BCUT2D eigenvalue weighted by molar-refractivity contribution is 5.99. The van der Waals surface area contributed by atoms with E-state index in [1.54, 1.807) is 30.3 Å². The van der Waals surface area contributed by atoms with Crippen LogP contribution in [0.2, 0.25) is 0 Å². The van der Waals surface area contributed by atoms with E-state index in [1.807, 2.05) is 27.7 Å². The standard InChI is InChI=1S/C68H107N15O15/c1-39(2)29-46(65(97)83-54(32-42-13-7-6-8-14-42)59(91)37-48(38-84)62(72)94)35-58(90)53(30-40(3)4)82-63(95)44(15-9-10-26-69)33-56(88)51(17-12-28-78-68(75)76)80-66(98)47(31-43-18-21-49(86)22-19-43)36-57(89)52(23-25-61(71)93)81-64(96)45(20-24-60(70)92)34-55(87)50(79-41(5)85)16-11-27-77-67(73)74/h6-8,13-14,18-19,21-22,39-40,44-48,50-54,84,86H,9-12,15-17,20,23-38,69H2,1-5H3,(H2,70,92)(H2,71,93)(H2,72,94)(H,79,85)(H,80,98)(H,81,96)(H,82,95)(H,83,97)(H4,73,74,77)(H4,75,76,78)/t44-,45-,46-,47-,48+,50+,51+,52+,53+,54+/m1/s1. The van der Waals surface area contributed by atoms with Crippen LogP contribution in [0.5, 0.6) is 5.75 Å². The Balaban J connectivity index is 2.65. The number of nitrogens with zero attached hydrogens (tertiary/aromatic N) is 2. The Bertz CT molecular complexity index is 3030. The number of rotatable bonds is 52. The van der Waals surface area contributed by atoms with Gasteiger partial charge in [-0.2, -0.15) is 0 Å². The summed E-state index contributed by atoms with van der Waals surface area (Å²) >= 11 is 0. The molecule has 30 heteroatoms. The molecule has 0 aliphatic rings. The number of aliphatic imine (C=N–C) groups is 2. The molecule has 0 radical (unpaired) electrons. The van der Waals surface area contributed by atoms with E-state index in [4.69, 9.17) is 45.9 Å². The van der Waals surface area contributed by atoms with E-state index in [-0.39, 0.29) is 133 Å². The fourth-order valence-corrected chi connectivity index (χ4v) is 11.2. The molecule has 0 aliphatic carbocycles. The largest absolute Gasteiger partial charge is 0.508 e. The van der Waals surface area contributed by atoms with Gasteiger partial charge >= 0.3 is 0 Å². The molecule has 30 nitrogen and oxygen atoms in total. The predicted octanol–water partition coefficient (Wildman–Crippen LogP) is -0.165. The number of primary amides is 3. The molecule has 98 heavy (non-hydrogen) atoms. The van der Waals surface area contributed by atoms with Crippen molar-refractivity contribution in [3.8, 4) is 5.75 Å². The van der Waals surface area contributed by atoms with E-state index in [0.717, 1.165) is 0 Å². The smallest absolute Gasteiger partial charge is 0.224 e. The van der Waals surface area contributed by atoms with Crippen LogP contribution in [0.4, 0.5) is 0 Å². The molecular formula is C68H107N15O15. The second-order valence-corrected chi connectivity index (χ2v) is 25.9. The van der Waals surface area contributed by atoms with Gasteiger partial charge in [-0.05, 0) is 119 Å². The molecule has 0 aliphatic heterocycles. The van der Waals surface area contributed by atoms with E-state index in [9.17, 15) is 72.5 Å². The number of benzene rings is 2. The number of aliphatic hydroxyl groups excluding tert-OH is 1. The zero-order chi connectivity index (χ0) is 73.6. The third-order valence-electron chi connectivity index (χ3n) is 16.4. The van der Waals surface area contributed by atoms with Crippen LogP contribution >= 0.6 is 0 Å². The van der Waals surface area contributed by atoms with Gasteiger partial charge in [0, 0.05) is 88.6 Å². The minimum absolute atomic E-state index is 0.00327. The highest BCUT2D eigenvalue weighted by Crippen LogP contribution is 2.25. The summed E-state index contributed by atoms with van der Waals surface area (Å²) in [5.74, 6) is -16.2. The molecule has 0 unspecified atom stereocenters. The van der Waals surface area contributed by atoms with Gasteiger partial charge in [-0.1, -0.05) is 76.6 Å². The number of unbranched alkanes of at least 4 members (excludes halogenated alkanes) is 1. The Morgan fingerprint density at radius 2 is 0.837 bits per heavy atom. The Kier molecular flexibility index (Phi) is 39.3. The van der Waals surface area contributed by atoms with E-state index >= 15 is 0 Å². The van der Waals surface area contributed by atoms with Crippen molar-refractivity contribution >= 4 is 88.1 Å². The van der Waals surface area contributed by atoms with Crippen LogP contribution in [0, 0.1) is 41.4 Å². The van der Waals surface area contributed by atoms with Crippen molar-refractivity contribution in [1.82, 2.24) is 26.6 Å². The van der Waals surface area contributed by atoms with Gasteiger partial charge in [-0.15, -0.1) is 0 Å². The average Bonchev–Trinajstić information content (AvgIpc) is 0.871. The Labute approximate surface area is 573 Å². The van der Waals surface area contributed by atoms with Crippen molar-refractivity contribution in [2.24, 2.45) is 97.3 Å². The number of aromatic hydroxyl groups is 1. The first kappa shape index (κ1) is 84.9. The van der Waals surface area contributed by atoms with Crippen LogP contribution < -0.4 is 72.5 Å². The molecule has 2 aromatic rings. The number of aliphatic hydroxyl groups is 1. The second-order valence-electron chi connectivity index (χ2n) is 25.9. The van der Waals surface area contributed by atoms with Crippen LogP contribution in [0.15, 0.2) is 64.6 Å². The number of nitrogens with one attached hydrogen (secondary N) is 5. The molecule has 10 atom stereocenters. The molecule has 544 valence electrons. The number of carbonyl (C=O) groups is 13. The fourth-order valence-electron chi connectivity index (χ4n) is 11.2. The first-order chi connectivity index (χ1) is 46.2. The van der Waals surface area contributed by atoms with Crippen molar-refractivity contribution in [3.63, 3.8) is 0 Å². The first-order valence-electron chi connectivity index (χ1n) is 33.4. The number of nitrogens with two attached hydrogens (primary N) is 8. The predicted molar refractivity (Wildman–Crippen MR) is 368 cm³/mol. The van der Waals surface area contributed by atoms with Crippen molar-refractivity contribution in [2.45, 2.75) is 193 Å². The molecule has 2 rings (SSSR count). The molecule has 0 aromatic heterocycles. The maximum Gasteiger partial charge on any atom is 0.224 e. The minimum atomic E-state index is -1.54. The van der Waals surface area contributed by atoms with Gasteiger partial charge in [0.05, 0.1) is 42.7 Å². The number of hydrogen-bond acceptors (Lipinski definition) is 18. The third kappa shape index (κ3) is 34.7. The van der Waals surface area contributed by atoms with Crippen LogP contribution in [0.3, 0.4) is 0 Å². The summed E-state index contributed by atoms with van der Waals surface area (Å²) in [5.41, 5.74) is 45.6. The molecule has 0 fully saturated rings. The molecule has 0 spiro atoms. The number of guanidine groups is 2. The number of amides is 8. The van der Waals surface area contributed by atoms with Crippen LogP contribution in [-0.2, 0) is 75.2 Å². The van der Waals surface area contributed by atoms with E-state index in [0.29, 0.717) is 24.0 Å². The summed E-state index contributed by atoms with van der Waals surface area (Å²) in [5, 5.41) is 33.6. The molecular weight excluding hydrogens is 1270 g/mol. The summed E-state index contributed by atoms with van der Waals surface area (Å²) in [6.45, 7) is 8.20. The molecule has 0 saturated carbocycles. The Morgan fingerprint density at radius 3 is 1.32 bits per heavy atom. The number of Topliss-reactive ketones (excluding diaryl/α,β-unsaturated/α-hetero) is 5. The normalized spacial score (nSPS) is 14.3. The van der Waals surface area contributed by atoms with Crippen molar-refractivity contribution < 1.29 is 72.5 Å². The Hall–Kier alpha value is -9.19. The first-order valence-corrected chi connectivity index (χ1v) is 33.4. The van der Waals surface area contributed by atoms with Gasteiger partial charge in [-0.3, -0.25) is 72.3 Å². The number of hydrogen-bond donors (Lipinski definition) is 15. The van der Waals surface area contributed by atoms with Gasteiger partial charge in [0.2, 0.25) is 47.3 Å². The molecule has 0 bridgehead atoms. The van der Waals surface area contributed by atoms with E-state index < -0.39 is 175 Å². The molecule has 23 N–H and O–H groups in total. The number of phenols is 1. The minimum Gasteiger partial charge on any atom is -0.508 e. The number of carbonyl (C=O) groups excluding carboxylic acids is 13. The summed E-state index contributed by atoms with van der Waals surface area (Å²) in [4.78, 5) is 187. The third-order valence-corrected chi connectivity index (χ3v) is 16.4. The van der Waals surface area contributed by atoms with Crippen LogP contribution in [0.1, 0.15) is 161 Å². The number of phenolic OH excluding ortho intramolecular Hbond substituents is 1. The highest BCUT2D eigenvalue weighted by Gasteiger charge is 2.37. The Morgan fingerprint density at radius 1 is 0.429 bits per heavy atom. The average molecular weight is 1370 g/mol. The van der Waals surface area contributed by atoms with E-state index in [2.05, 4.69) is 36.6 Å². The maximum absolute atomic E-state index is 14.9. The SMILES string of the molecule is CC(=O)N[C@@H](CCCN=C(N)N)C(=O)C[C@@H](CCC(N)=O)C(=O)N[C@@H](CCC(N)=O)C(=O)C[C@@H](Cc1ccc(O)cc1)C(=O)N[C@@H](CCCN=C(N)N)C(=O)C[C@@H](CCCCN)C(=O)N[C@@H](CC(C)C)C(=O)C[C@@H](CC(C)C)C(=O)N[C@@H](Cc1ccccc1)C(=O)C[C@@H](CO)C(N)=O. The van der Waals surface area contributed by atoms with Crippen molar-refractivity contribution in [1.29, 1.82) is 0 Å². The second kappa shape index (κ2) is 45.3. The van der Waals surface area contributed by atoms with Crippen LogP contribution in [0.25, 0.3) is 0 Å². The fraction of sp³-hybridized carbons (Fsp3) is 0.603. The molecule has 0 saturated heterocycles. The maximum atomic E-state index is 14.9. The van der Waals surface area contributed by atoms with Crippen molar-refractivity contribution in [2.75, 3.05) is 26.2 Å². The lowest BCUT2D eigenvalue weighted by Gasteiger charge is -2.28. The molecule has 0 heterocycles. The summed E-state index contributed by atoms with van der Waals surface area (Å²) < 4.78 is 0. The summed E-state index contributed by atoms with van der Waals surface area (Å²) in [6.07, 6.45) is -2.65. The lowest BCUT2D eigenvalue weighted by molar-refractivity contribution is -0.136. The van der Waals surface area contributed by atoms with Gasteiger partial charge in [0.25, 0.3) is 0 Å². The number of ketones is 5. The van der Waals surface area contributed by atoms with Gasteiger partial charge in [-0.25, -0.2) is 0 Å². The van der Waals surface area contributed by atoms with Crippen molar-refractivity contribution in [3.05, 3.63) is 65.7 Å². The molecule has 2 aromatic carbocycles. The van der Waals surface area contributed by atoms with E-state index in [1.165, 1.54) is 31.2 Å². The lowest BCUT2D eigenvalue weighted by atomic mass is 9.86. The quantitative estimate of drug-likeness (QED) is 0.0232.